The lowest BCUT2D eigenvalue weighted by molar-refractivity contribution is 0.174. The number of aliphatic hydroxyl groups excluding tert-OH is 1. The van der Waals surface area contributed by atoms with E-state index >= 15 is 0 Å². The molecular weight excluding hydrogens is 356 g/mol. The van der Waals surface area contributed by atoms with E-state index in [1.54, 1.807) is 17.7 Å². The highest BCUT2D eigenvalue weighted by Crippen LogP contribution is 2.38. The highest BCUT2D eigenvalue weighted by molar-refractivity contribution is 7.25. The number of rotatable bonds is 5. The van der Waals surface area contributed by atoms with Crippen molar-refractivity contribution in [1.29, 1.82) is 0 Å². The molecule has 0 saturated heterocycles. The van der Waals surface area contributed by atoms with Gasteiger partial charge in [0.1, 0.15) is 17.0 Å². The summed E-state index contributed by atoms with van der Waals surface area (Å²) in [6.45, 7) is 2.00. The standard InChI is InChI=1S/C21H28N4OS/c1-4-17(26)13-5-10-18-16(11-13)19-20(22-12-23-21(19)27-18)24-14-6-8-15(9-7-14)25(2)3/h5,10-12,14-15,17,26H,4,6-9H2,1-3H3,(H,22,23,24)/t14?,15?,17-/m1/s1. The molecule has 2 aromatic heterocycles. The van der Waals surface area contributed by atoms with Gasteiger partial charge in [0.05, 0.1) is 11.5 Å². The third-order valence-electron chi connectivity index (χ3n) is 5.83. The van der Waals surface area contributed by atoms with Crippen molar-refractivity contribution in [2.45, 2.75) is 57.2 Å². The van der Waals surface area contributed by atoms with Gasteiger partial charge in [0.15, 0.2) is 0 Å². The third-order valence-corrected chi connectivity index (χ3v) is 6.91. The SMILES string of the molecule is CC[C@@H](O)c1ccc2sc3ncnc(NC4CCC(N(C)C)CC4)c3c2c1. The molecule has 0 bridgehead atoms. The number of hydrogen-bond donors (Lipinski definition) is 2. The van der Waals surface area contributed by atoms with E-state index in [1.165, 1.54) is 17.5 Å². The van der Waals surface area contributed by atoms with Crippen molar-refractivity contribution in [3.8, 4) is 0 Å². The van der Waals surface area contributed by atoms with Crippen LogP contribution < -0.4 is 5.32 Å². The number of aromatic nitrogens is 2. The Bertz CT molecular complexity index is 930. The van der Waals surface area contributed by atoms with Gasteiger partial charge in [0.2, 0.25) is 0 Å². The summed E-state index contributed by atoms with van der Waals surface area (Å²) in [6.07, 6.45) is 6.71. The number of nitrogens with zero attached hydrogens (tertiary/aromatic N) is 3. The highest BCUT2D eigenvalue weighted by Gasteiger charge is 2.23. The average Bonchev–Trinajstić information content (AvgIpc) is 3.06. The molecule has 0 radical (unpaired) electrons. The van der Waals surface area contributed by atoms with Crippen molar-refractivity contribution < 1.29 is 5.11 Å². The molecule has 3 aromatic rings. The van der Waals surface area contributed by atoms with Gasteiger partial charge in [0.25, 0.3) is 0 Å². The topological polar surface area (TPSA) is 61.3 Å². The molecule has 0 spiro atoms. The first-order valence-corrected chi connectivity index (χ1v) is 10.7. The van der Waals surface area contributed by atoms with Crippen LogP contribution >= 0.6 is 11.3 Å². The lowest BCUT2D eigenvalue weighted by Crippen LogP contribution is -2.36. The first-order valence-electron chi connectivity index (χ1n) is 9.85. The van der Waals surface area contributed by atoms with Crippen molar-refractivity contribution in [1.82, 2.24) is 14.9 Å². The molecule has 5 nitrogen and oxygen atoms in total. The minimum absolute atomic E-state index is 0.424. The summed E-state index contributed by atoms with van der Waals surface area (Å²) in [5, 5.41) is 16.2. The van der Waals surface area contributed by atoms with Crippen LogP contribution in [0.1, 0.15) is 50.7 Å². The molecule has 2 N–H and O–H groups in total. The number of hydrogen-bond acceptors (Lipinski definition) is 6. The Morgan fingerprint density at radius 2 is 2.00 bits per heavy atom. The Kier molecular flexibility index (Phi) is 5.30. The number of fused-ring (bicyclic) bond motifs is 3. The van der Waals surface area contributed by atoms with Gasteiger partial charge in [-0.25, -0.2) is 9.97 Å². The maximum absolute atomic E-state index is 10.3. The molecular formula is C21H28N4OS. The summed E-state index contributed by atoms with van der Waals surface area (Å²) < 4.78 is 1.19. The maximum atomic E-state index is 10.3. The predicted octanol–water partition coefficient (Wildman–Crippen LogP) is 4.57. The van der Waals surface area contributed by atoms with Crippen LogP contribution in [-0.4, -0.2) is 46.2 Å². The number of nitrogens with one attached hydrogen (secondary N) is 1. The van der Waals surface area contributed by atoms with Crippen molar-refractivity contribution in [2.75, 3.05) is 19.4 Å². The summed E-state index contributed by atoms with van der Waals surface area (Å²) in [4.78, 5) is 12.4. The molecule has 1 atom stereocenters. The molecule has 6 heteroatoms. The van der Waals surface area contributed by atoms with Crippen molar-refractivity contribution in [3.05, 3.63) is 30.1 Å². The fourth-order valence-corrected chi connectivity index (χ4v) is 5.13. The second-order valence-electron chi connectivity index (χ2n) is 7.80. The van der Waals surface area contributed by atoms with Gasteiger partial charge in [-0.05, 0) is 63.9 Å². The van der Waals surface area contributed by atoms with Crippen LogP contribution in [0.2, 0.25) is 0 Å². The Morgan fingerprint density at radius 1 is 1.22 bits per heavy atom. The van der Waals surface area contributed by atoms with Crippen LogP contribution in [0, 0.1) is 0 Å². The summed E-state index contributed by atoms with van der Waals surface area (Å²) in [7, 11) is 4.35. The van der Waals surface area contributed by atoms with Gasteiger partial charge >= 0.3 is 0 Å². The molecule has 1 saturated carbocycles. The van der Waals surface area contributed by atoms with E-state index in [0.29, 0.717) is 18.5 Å². The van der Waals surface area contributed by atoms with Crippen molar-refractivity contribution in [2.24, 2.45) is 0 Å². The molecule has 1 aromatic carbocycles. The van der Waals surface area contributed by atoms with Crippen LogP contribution in [0.5, 0.6) is 0 Å². The van der Waals surface area contributed by atoms with Crippen molar-refractivity contribution >= 4 is 37.5 Å². The third kappa shape index (κ3) is 3.66. The quantitative estimate of drug-likeness (QED) is 0.675. The van der Waals surface area contributed by atoms with Gasteiger partial charge in [-0.2, -0.15) is 0 Å². The Balaban J connectivity index is 1.66. The van der Waals surface area contributed by atoms with Crippen LogP contribution in [0.15, 0.2) is 24.5 Å². The fraction of sp³-hybridized carbons (Fsp3) is 0.524. The Labute approximate surface area is 164 Å². The number of benzene rings is 1. The molecule has 1 aliphatic rings. The number of aliphatic hydroxyl groups is 1. The average molecular weight is 385 g/mol. The first-order chi connectivity index (χ1) is 13.1. The highest BCUT2D eigenvalue weighted by atomic mass is 32.1. The zero-order chi connectivity index (χ0) is 19.0. The molecule has 0 amide bonds. The monoisotopic (exact) mass is 384 g/mol. The first kappa shape index (κ1) is 18.6. The van der Waals surface area contributed by atoms with Gasteiger partial charge in [-0.3, -0.25) is 0 Å². The Morgan fingerprint density at radius 3 is 2.70 bits per heavy atom. The molecule has 0 aliphatic heterocycles. The van der Waals surface area contributed by atoms with Gasteiger partial charge in [0, 0.05) is 22.2 Å². The van der Waals surface area contributed by atoms with Crippen LogP contribution in [0.4, 0.5) is 5.82 Å². The van der Waals surface area contributed by atoms with E-state index < -0.39 is 6.10 Å². The number of thiophene rings is 1. The lowest BCUT2D eigenvalue weighted by Gasteiger charge is -2.33. The molecule has 1 fully saturated rings. The zero-order valence-corrected chi connectivity index (χ0v) is 17.1. The second kappa shape index (κ2) is 7.70. The van der Waals surface area contributed by atoms with Gasteiger partial charge in [-0.1, -0.05) is 13.0 Å². The second-order valence-corrected chi connectivity index (χ2v) is 8.83. The smallest absolute Gasteiger partial charge is 0.139 e. The molecule has 0 unspecified atom stereocenters. The number of anilines is 1. The minimum Gasteiger partial charge on any atom is -0.388 e. The van der Waals surface area contributed by atoms with E-state index in [-0.39, 0.29) is 0 Å². The molecule has 1 aliphatic carbocycles. The zero-order valence-electron chi connectivity index (χ0n) is 16.3. The maximum Gasteiger partial charge on any atom is 0.139 e. The molecule has 4 rings (SSSR count). The van der Waals surface area contributed by atoms with E-state index in [1.807, 2.05) is 13.0 Å². The van der Waals surface area contributed by atoms with Crippen LogP contribution in [-0.2, 0) is 0 Å². The van der Waals surface area contributed by atoms with Crippen molar-refractivity contribution in [3.63, 3.8) is 0 Å². The summed E-state index contributed by atoms with van der Waals surface area (Å²) in [6, 6.07) is 7.38. The van der Waals surface area contributed by atoms with Crippen LogP contribution in [0.3, 0.4) is 0 Å². The van der Waals surface area contributed by atoms with Gasteiger partial charge in [-0.15, -0.1) is 11.3 Å². The summed E-state index contributed by atoms with van der Waals surface area (Å²) in [5.74, 6) is 0.933. The van der Waals surface area contributed by atoms with E-state index in [9.17, 15) is 5.11 Å². The normalized spacial score (nSPS) is 21.8. The lowest BCUT2D eigenvalue weighted by atomic mass is 9.90. The Hall–Kier alpha value is -1.76. The summed E-state index contributed by atoms with van der Waals surface area (Å²) in [5.41, 5.74) is 0.964. The molecule has 144 valence electrons. The summed E-state index contributed by atoms with van der Waals surface area (Å²) >= 11 is 1.69. The van der Waals surface area contributed by atoms with E-state index in [2.05, 4.69) is 46.4 Å². The largest absolute Gasteiger partial charge is 0.388 e. The fourth-order valence-electron chi connectivity index (χ4n) is 4.11. The van der Waals surface area contributed by atoms with Crippen LogP contribution in [0.25, 0.3) is 20.3 Å². The molecule has 2 heterocycles. The molecule has 27 heavy (non-hydrogen) atoms. The van der Waals surface area contributed by atoms with Gasteiger partial charge < -0.3 is 15.3 Å². The van der Waals surface area contributed by atoms with E-state index in [0.717, 1.165) is 39.8 Å². The minimum atomic E-state index is -0.424. The van der Waals surface area contributed by atoms with E-state index in [4.69, 9.17) is 0 Å². The predicted molar refractivity (Wildman–Crippen MR) is 114 cm³/mol.